The second-order valence-corrected chi connectivity index (χ2v) is 6.93. The lowest BCUT2D eigenvalue weighted by Crippen LogP contribution is -2.08. The van der Waals surface area contributed by atoms with Crippen LogP contribution >= 0.6 is 15.9 Å². The molecular weight excluding hydrogens is 454 g/mol. The normalized spacial score (nSPS) is 10.5. The average molecular weight is 476 g/mol. The Balaban J connectivity index is 1.98. The fraction of sp³-hybridized carbons (Fsp3) is 0.227. The highest BCUT2D eigenvalue weighted by Crippen LogP contribution is 2.29. The smallest absolute Gasteiger partial charge is 0.336 e. The van der Waals surface area contributed by atoms with Crippen LogP contribution in [0.25, 0.3) is 6.08 Å². The lowest BCUT2D eigenvalue weighted by Gasteiger charge is -2.09. The molecule has 158 valence electrons. The molecule has 8 heteroatoms. The Morgan fingerprint density at radius 2 is 1.77 bits per heavy atom. The molecule has 0 unspecified atom stereocenters. The molecular formula is C22H22BrNO6. The predicted molar refractivity (Wildman–Crippen MR) is 117 cm³/mol. The van der Waals surface area contributed by atoms with Crippen molar-refractivity contribution in [2.24, 2.45) is 0 Å². The SMILES string of the molecule is COc1cc(C=CC(=O)Oc2ccc(NC(C)=O)cc2)ccc1OC(=O)CCCBr. The van der Waals surface area contributed by atoms with Crippen LogP contribution in [0.4, 0.5) is 5.69 Å². The molecule has 0 heterocycles. The van der Waals surface area contributed by atoms with Gasteiger partial charge in [-0.05, 0) is 54.5 Å². The van der Waals surface area contributed by atoms with E-state index >= 15 is 0 Å². The van der Waals surface area contributed by atoms with Crippen LogP contribution in [0.2, 0.25) is 0 Å². The number of halogens is 1. The van der Waals surface area contributed by atoms with Crippen LogP contribution in [-0.2, 0) is 14.4 Å². The molecule has 0 bridgehead atoms. The van der Waals surface area contributed by atoms with E-state index in [0.29, 0.717) is 41.3 Å². The summed E-state index contributed by atoms with van der Waals surface area (Å²) in [6.07, 6.45) is 3.82. The van der Waals surface area contributed by atoms with Crippen LogP contribution in [0.15, 0.2) is 48.5 Å². The van der Waals surface area contributed by atoms with Crippen molar-refractivity contribution in [1.29, 1.82) is 0 Å². The maximum absolute atomic E-state index is 12.0. The molecule has 2 rings (SSSR count). The molecule has 0 radical (unpaired) electrons. The van der Waals surface area contributed by atoms with Gasteiger partial charge in [0.15, 0.2) is 11.5 Å². The minimum Gasteiger partial charge on any atom is -0.493 e. The minimum absolute atomic E-state index is 0.183. The van der Waals surface area contributed by atoms with Crippen molar-refractivity contribution in [1.82, 2.24) is 0 Å². The summed E-state index contributed by atoms with van der Waals surface area (Å²) in [6.45, 7) is 1.41. The monoisotopic (exact) mass is 475 g/mol. The van der Waals surface area contributed by atoms with Gasteiger partial charge in [-0.25, -0.2) is 4.79 Å². The summed E-state index contributed by atoms with van der Waals surface area (Å²) in [5, 5.41) is 3.35. The first kappa shape index (κ1) is 23.2. The standard InChI is InChI=1S/C22H22BrNO6/c1-15(25)24-17-7-9-18(10-8-17)29-22(27)12-6-16-5-11-19(20(14-16)28-2)30-21(26)4-3-13-23/h5-12,14H,3-4,13H2,1-2H3,(H,24,25). The highest BCUT2D eigenvalue weighted by molar-refractivity contribution is 9.09. The van der Waals surface area contributed by atoms with Crippen LogP contribution in [0.1, 0.15) is 25.3 Å². The van der Waals surface area contributed by atoms with Gasteiger partial charge in [0, 0.05) is 30.4 Å². The van der Waals surface area contributed by atoms with Crippen LogP contribution in [0, 0.1) is 0 Å². The lowest BCUT2D eigenvalue weighted by atomic mass is 10.2. The van der Waals surface area contributed by atoms with E-state index in [1.54, 1.807) is 48.5 Å². The van der Waals surface area contributed by atoms with E-state index in [1.165, 1.54) is 20.1 Å². The average Bonchev–Trinajstić information content (AvgIpc) is 2.72. The molecule has 1 amide bonds. The van der Waals surface area contributed by atoms with E-state index in [2.05, 4.69) is 21.2 Å². The molecule has 30 heavy (non-hydrogen) atoms. The Labute approximate surface area is 183 Å². The number of rotatable bonds is 9. The second kappa shape index (κ2) is 11.8. The number of hydrogen-bond donors (Lipinski definition) is 1. The third kappa shape index (κ3) is 7.71. The third-order valence-electron chi connectivity index (χ3n) is 3.73. The Bertz CT molecular complexity index is 924. The van der Waals surface area contributed by atoms with E-state index in [1.807, 2.05) is 0 Å². The van der Waals surface area contributed by atoms with Crippen molar-refractivity contribution in [2.75, 3.05) is 17.8 Å². The van der Waals surface area contributed by atoms with Gasteiger partial charge in [-0.3, -0.25) is 9.59 Å². The molecule has 0 saturated heterocycles. The number of nitrogens with one attached hydrogen (secondary N) is 1. The third-order valence-corrected chi connectivity index (χ3v) is 4.29. The zero-order valence-electron chi connectivity index (χ0n) is 16.6. The van der Waals surface area contributed by atoms with Crippen molar-refractivity contribution in [3.63, 3.8) is 0 Å². The Hall–Kier alpha value is -3.13. The fourth-order valence-corrected chi connectivity index (χ4v) is 2.66. The molecule has 0 aliphatic heterocycles. The van der Waals surface area contributed by atoms with E-state index in [4.69, 9.17) is 14.2 Å². The first-order chi connectivity index (χ1) is 14.4. The summed E-state index contributed by atoms with van der Waals surface area (Å²) in [7, 11) is 1.47. The van der Waals surface area contributed by atoms with E-state index in [9.17, 15) is 14.4 Å². The summed E-state index contributed by atoms with van der Waals surface area (Å²) in [6, 6.07) is 11.4. The van der Waals surface area contributed by atoms with E-state index in [0.717, 1.165) is 5.33 Å². The number of benzene rings is 2. The number of ether oxygens (including phenoxy) is 3. The largest absolute Gasteiger partial charge is 0.493 e. The van der Waals surface area contributed by atoms with Gasteiger partial charge >= 0.3 is 11.9 Å². The number of anilines is 1. The Morgan fingerprint density at radius 1 is 1.03 bits per heavy atom. The zero-order chi connectivity index (χ0) is 21.9. The molecule has 0 aliphatic carbocycles. The van der Waals surface area contributed by atoms with Gasteiger partial charge in [-0.15, -0.1) is 0 Å². The second-order valence-electron chi connectivity index (χ2n) is 6.14. The molecule has 2 aromatic rings. The summed E-state index contributed by atoms with van der Waals surface area (Å²) in [5.74, 6) is -0.0436. The molecule has 0 fully saturated rings. The molecule has 1 N–H and O–H groups in total. The van der Waals surface area contributed by atoms with Crippen molar-refractivity contribution in [3.05, 3.63) is 54.1 Å². The molecule has 0 spiro atoms. The molecule has 0 saturated carbocycles. The quantitative estimate of drug-likeness (QED) is 0.251. The van der Waals surface area contributed by atoms with Crippen molar-refractivity contribution < 1.29 is 28.6 Å². The fourth-order valence-electron chi connectivity index (χ4n) is 2.38. The van der Waals surface area contributed by atoms with Gasteiger partial charge in [0.05, 0.1) is 7.11 Å². The first-order valence-corrected chi connectivity index (χ1v) is 10.3. The first-order valence-electron chi connectivity index (χ1n) is 9.13. The van der Waals surface area contributed by atoms with Crippen molar-refractivity contribution in [3.8, 4) is 17.2 Å². The van der Waals surface area contributed by atoms with Gasteiger partial charge in [0.1, 0.15) is 5.75 Å². The maximum Gasteiger partial charge on any atom is 0.336 e. The number of methoxy groups -OCH3 is 1. The van der Waals surface area contributed by atoms with Gasteiger partial charge < -0.3 is 19.5 Å². The Morgan fingerprint density at radius 3 is 2.40 bits per heavy atom. The van der Waals surface area contributed by atoms with Crippen molar-refractivity contribution >= 4 is 45.5 Å². The summed E-state index contributed by atoms with van der Waals surface area (Å²) < 4.78 is 15.8. The van der Waals surface area contributed by atoms with E-state index in [-0.39, 0.29) is 11.9 Å². The number of esters is 2. The molecule has 2 aromatic carbocycles. The highest BCUT2D eigenvalue weighted by Gasteiger charge is 2.10. The lowest BCUT2D eigenvalue weighted by molar-refractivity contribution is -0.134. The number of carbonyl (C=O) groups is 3. The van der Waals surface area contributed by atoms with Gasteiger partial charge in [0.2, 0.25) is 5.91 Å². The van der Waals surface area contributed by atoms with Gasteiger partial charge in [-0.2, -0.15) is 0 Å². The van der Waals surface area contributed by atoms with E-state index < -0.39 is 5.97 Å². The summed E-state index contributed by atoms with van der Waals surface area (Å²) >= 11 is 3.27. The number of amides is 1. The maximum atomic E-state index is 12.0. The number of hydrogen-bond acceptors (Lipinski definition) is 6. The summed E-state index contributed by atoms with van der Waals surface area (Å²) in [4.78, 5) is 34.8. The zero-order valence-corrected chi connectivity index (χ0v) is 18.2. The molecule has 0 atom stereocenters. The molecule has 7 nitrogen and oxygen atoms in total. The predicted octanol–water partition coefficient (Wildman–Crippen LogP) is 4.35. The Kier molecular flexibility index (Phi) is 9.08. The number of alkyl halides is 1. The van der Waals surface area contributed by atoms with Crippen LogP contribution in [-0.4, -0.2) is 30.3 Å². The minimum atomic E-state index is -0.563. The van der Waals surface area contributed by atoms with Crippen molar-refractivity contribution in [2.45, 2.75) is 19.8 Å². The van der Waals surface area contributed by atoms with Crippen LogP contribution in [0.5, 0.6) is 17.2 Å². The molecule has 0 aromatic heterocycles. The van der Waals surface area contributed by atoms with Crippen LogP contribution in [0.3, 0.4) is 0 Å². The highest BCUT2D eigenvalue weighted by atomic mass is 79.9. The van der Waals surface area contributed by atoms with Gasteiger partial charge in [0.25, 0.3) is 0 Å². The number of carbonyl (C=O) groups excluding carboxylic acids is 3. The summed E-state index contributed by atoms with van der Waals surface area (Å²) in [5.41, 5.74) is 1.28. The topological polar surface area (TPSA) is 90.9 Å². The van der Waals surface area contributed by atoms with Gasteiger partial charge in [-0.1, -0.05) is 22.0 Å². The molecule has 0 aliphatic rings. The van der Waals surface area contributed by atoms with Crippen LogP contribution < -0.4 is 19.5 Å².